The van der Waals surface area contributed by atoms with E-state index in [0.717, 1.165) is 49.5 Å². The molecule has 2 atom stereocenters. The van der Waals surface area contributed by atoms with Crippen molar-refractivity contribution in [2.45, 2.75) is 89.8 Å². The molecule has 0 spiro atoms. The highest BCUT2D eigenvalue weighted by molar-refractivity contribution is 6.34. The average Bonchev–Trinajstić information content (AvgIpc) is 3.71. The van der Waals surface area contributed by atoms with Gasteiger partial charge in [-0.15, -0.1) is 0 Å². The fourth-order valence-corrected chi connectivity index (χ4v) is 8.77. The highest BCUT2D eigenvalue weighted by Crippen LogP contribution is 2.53. The minimum atomic E-state index is -2.86. The Balaban J connectivity index is 1.16. The maximum atomic E-state index is 15.5. The second kappa shape index (κ2) is 12.6. The number of fused-ring (bicyclic) bond motifs is 3. The largest absolute Gasteiger partial charge is 0.346 e. The van der Waals surface area contributed by atoms with Gasteiger partial charge in [0, 0.05) is 35.9 Å². The number of pyridine rings is 2. The van der Waals surface area contributed by atoms with Crippen molar-refractivity contribution in [1.29, 1.82) is 0 Å². The van der Waals surface area contributed by atoms with E-state index in [9.17, 15) is 18.4 Å². The number of likely N-dealkylation sites (tertiary alicyclic amines) is 1. The van der Waals surface area contributed by atoms with E-state index in [1.807, 2.05) is 44.0 Å². The summed E-state index contributed by atoms with van der Waals surface area (Å²) in [5.41, 5.74) is 1.53. The number of amides is 2. The Morgan fingerprint density at radius 2 is 1.83 bits per heavy atom. The van der Waals surface area contributed by atoms with Gasteiger partial charge in [0.2, 0.25) is 5.91 Å². The monoisotopic (exact) mass is 752 g/mol. The molecule has 53 heavy (non-hydrogen) atoms. The maximum Gasteiger partial charge on any atom is 0.255 e. The molecule has 3 fully saturated rings. The van der Waals surface area contributed by atoms with E-state index in [1.54, 1.807) is 23.2 Å². The first kappa shape index (κ1) is 35.7. The first-order chi connectivity index (χ1) is 25.1. The van der Waals surface area contributed by atoms with E-state index in [-0.39, 0.29) is 29.3 Å². The molecule has 10 nitrogen and oxygen atoms in total. The van der Waals surface area contributed by atoms with Crippen molar-refractivity contribution in [3.05, 3.63) is 58.6 Å². The summed E-state index contributed by atoms with van der Waals surface area (Å²) in [6.45, 7) is 11.2. The Kier molecular flexibility index (Phi) is 8.52. The van der Waals surface area contributed by atoms with Crippen molar-refractivity contribution in [2.24, 2.45) is 11.8 Å². The van der Waals surface area contributed by atoms with Crippen LogP contribution in [-0.4, -0.2) is 73.9 Å². The fourth-order valence-electron chi connectivity index (χ4n) is 8.54. The molecule has 1 saturated heterocycles. The number of rotatable bonds is 9. The summed E-state index contributed by atoms with van der Waals surface area (Å²) in [6, 6.07) is 4.54. The third kappa shape index (κ3) is 5.92. The van der Waals surface area contributed by atoms with E-state index in [4.69, 9.17) is 21.6 Å². The van der Waals surface area contributed by atoms with Gasteiger partial charge in [-0.3, -0.25) is 19.5 Å². The van der Waals surface area contributed by atoms with E-state index < -0.39 is 52.2 Å². The van der Waals surface area contributed by atoms with Crippen LogP contribution in [0.15, 0.2) is 30.7 Å². The van der Waals surface area contributed by atoms with Crippen molar-refractivity contribution in [3.8, 4) is 11.3 Å². The molecule has 4 aliphatic rings. The Bertz CT molecular complexity index is 2170. The van der Waals surface area contributed by atoms with Crippen molar-refractivity contribution < 1.29 is 27.2 Å². The third-order valence-electron chi connectivity index (χ3n) is 11.7. The number of alkyl halides is 2. The number of carbonyl (C=O) groups is 2. The lowest BCUT2D eigenvalue weighted by Crippen LogP contribution is -2.64. The first-order valence-corrected chi connectivity index (χ1v) is 18.4. The number of imidazole rings is 1. The van der Waals surface area contributed by atoms with Crippen LogP contribution in [0.2, 0.25) is 5.02 Å². The highest BCUT2D eigenvalue weighted by Gasteiger charge is 2.56. The SMILES string of the molecule is CC(C)n1cnc2cc(-c3cnc4c(c3)N([C@H]3C[C@@](C)(N5CCC6CC6C5)C3)C(=O)C4(C)C)nc(Nc3cc(C(=O)NCC(F)F)c(Cl)c(F)c3F)c21. The van der Waals surface area contributed by atoms with Crippen LogP contribution in [0, 0.1) is 23.5 Å². The number of benzene rings is 1. The molecule has 2 amide bonds. The van der Waals surface area contributed by atoms with Gasteiger partial charge >= 0.3 is 0 Å². The zero-order valence-electron chi connectivity index (χ0n) is 30.1. The first-order valence-electron chi connectivity index (χ1n) is 18.1. The van der Waals surface area contributed by atoms with E-state index in [0.29, 0.717) is 28.0 Å². The van der Waals surface area contributed by atoms with Gasteiger partial charge in [0.25, 0.3) is 12.3 Å². The molecule has 0 radical (unpaired) electrons. The summed E-state index contributed by atoms with van der Waals surface area (Å²) < 4.78 is 58.0. The molecule has 3 aromatic heterocycles. The average molecular weight is 753 g/mol. The molecule has 2 saturated carbocycles. The zero-order valence-corrected chi connectivity index (χ0v) is 30.9. The number of anilines is 3. The van der Waals surface area contributed by atoms with E-state index in [1.165, 1.54) is 12.8 Å². The predicted octanol–water partition coefficient (Wildman–Crippen LogP) is 7.63. The summed E-state index contributed by atoms with van der Waals surface area (Å²) in [5, 5.41) is 3.97. The number of piperidine rings is 1. The van der Waals surface area contributed by atoms with Crippen LogP contribution in [0.1, 0.15) is 82.4 Å². The van der Waals surface area contributed by atoms with Crippen LogP contribution in [0.3, 0.4) is 0 Å². The van der Waals surface area contributed by atoms with Gasteiger partial charge < -0.3 is 20.1 Å². The number of nitrogens with zero attached hydrogens (tertiary/aromatic N) is 6. The molecule has 5 heterocycles. The molecule has 2 aliphatic carbocycles. The zero-order chi connectivity index (χ0) is 37.7. The Hall–Kier alpha value is -4.30. The summed E-state index contributed by atoms with van der Waals surface area (Å²) in [7, 11) is 0. The molecule has 2 aliphatic heterocycles. The topological polar surface area (TPSA) is 108 Å². The van der Waals surface area contributed by atoms with Crippen LogP contribution >= 0.6 is 11.6 Å². The molecule has 0 bridgehead atoms. The number of hydrogen-bond donors (Lipinski definition) is 2. The normalized spacial score (nSPS) is 24.8. The van der Waals surface area contributed by atoms with E-state index in [2.05, 4.69) is 22.1 Å². The van der Waals surface area contributed by atoms with Crippen molar-refractivity contribution in [2.75, 3.05) is 29.9 Å². The molecular formula is C38H41ClF4N8O2. The minimum Gasteiger partial charge on any atom is -0.346 e. The van der Waals surface area contributed by atoms with Crippen LogP contribution in [0.5, 0.6) is 0 Å². The Labute approximate surface area is 309 Å². The molecule has 280 valence electrons. The number of nitrogens with one attached hydrogen (secondary N) is 2. The Morgan fingerprint density at radius 1 is 1.08 bits per heavy atom. The predicted molar refractivity (Wildman–Crippen MR) is 194 cm³/mol. The summed E-state index contributed by atoms with van der Waals surface area (Å²) >= 11 is 5.96. The van der Waals surface area contributed by atoms with Gasteiger partial charge in [0.15, 0.2) is 17.5 Å². The van der Waals surface area contributed by atoms with Gasteiger partial charge in [0.1, 0.15) is 5.52 Å². The van der Waals surface area contributed by atoms with Gasteiger partial charge in [-0.05, 0) is 96.9 Å². The molecule has 2 N–H and O–H groups in total. The number of carbonyl (C=O) groups excluding carboxylic acids is 2. The number of aromatic nitrogens is 4. The van der Waals surface area contributed by atoms with Gasteiger partial charge in [-0.1, -0.05) is 11.6 Å². The van der Waals surface area contributed by atoms with Crippen molar-refractivity contribution in [3.63, 3.8) is 0 Å². The molecule has 2 unspecified atom stereocenters. The Morgan fingerprint density at radius 3 is 2.53 bits per heavy atom. The summed E-state index contributed by atoms with van der Waals surface area (Å²) in [5.74, 6) is -2.22. The van der Waals surface area contributed by atoms with Crippen molar-refractivity contribution in [1.82, 2.24) is 29.7 Å². The molecule has 8 rings (SSSR count). The maximum absolute atomic E-state index is 15.5. The molecule has 4 aromatic rings. The molecule has 1 aromatic carbocycles. The second-order valence-corrected chi connectivity index (χ2v) is 16.4. The molecule has 15 heteroatoms. The van der Waals surface area contributed by atoms with E-state index >= 15 is 8.78 Å². The number of halogens is 5. The lowest BCUT2D eigenvalue weighted by molar-refractivity contribution is -0.124. The van der Waals surface area contributed by atoms with Crippen LogP contribution < -0.4 is 15.5 Å². The molecular weight excluding hydrogens is 712 g/mol. The summed E-state index contributed by atoms with van der Waals surface area (Å²) in [4.78, 5) is 45.5. The number of hydrogen-bond acceptors (Lipinski definition) is 7. The minimum absolute atomic E-state index is 0.000163. The van der Waals surface area contributed by atoms with Crippen molar-refractivity contribution >= 4 is 51.6 Å². The summed E-state index contributed by atoms with van der Waals surface area (Å²) in [6.07, 6.45) is 4.71. The van der Waals surface area contributed by atoms with Gasteiger partial charge in [0.05, 0.1) is 57.2 Å². The van der Waals surface area contributed by atoms with Crippen LogP contribution in [-0.2, 0) is 10.2 Å². The lowest BCUT2D eigenvalue weighted by Gasteiger charge is -2.55. The van der Waals surface area contributed by atoms with Gasteiger partial charge in [-0.25, -0.2) is 27.5 Å². The smallest absolute Gasteiger partial charge is 0.255 e. The van der Waals surface area contributed by atoms with Crippen LogP contribution in [0.25, 0.3) is 22.3 Å². The van der Waals surface area contributed by atoms with Gasteiger partial charge in [-0.2, -0.15) is 0 Å². The quantitative estimate of drug-likeness (QED) is 0.134. The fraction of sp³-hybridized carbons (Fsp3) is 0.500. The standard InChI is InChI=1S/C38H41ClF4N8O2/c1-18(2)50-17-46-26-11-24(47-34(32(26)50)48-25-10-23(29(39)31(43)30(25)42)35(52)45-15-28(40)41)20-9-27-33(44-14-20)37(3,4)36(53)51(27)22-12-38(5,13-22)49-7-6-19-8-21(19)16-49/h9-11,14,17-19,21-22,28H,6-8,12-13,15-16H2,1-5H3,(H,45,52)(H,47,48)/t19?,21?,22-,38+. The second-order valence-electron chi connectivity index (χ2n) is 16.1. The van der Waals surface area contributed by atoms with Crippen LogP contribution in [0.4, 0.5) is 34.8 Å². The third-order valence-corrected chi connectivity index (χ3v) is 12.1. The lowest BCUT2D eigenvalue weighted by atomic mass is 9.71. The highest BCUT2D eigenvalue weighted by atomic mass is 35.5.